The number of nitrogens with one attached hydrogen (secondary N) is 3. The van der Waals surface area contributed by atoms with E-state index in [1.165, 1.54) is 10.9 Å². The summed E-state index contributed by atoms with van der Waals surface area (Å²) in [5, 5.41) is 14.8. The number of benzene rings is 1. The molecule has 2 heterocycles. The van der Waals surface area contributed by atoms with Crippen LogP contribution in [0.1, 0.15) is 19.0 Å². The molecule has 3 N–H and O–H groups in total. The topological polar surface area (TPSA) is 70.0 Å². The molecular formula is C18H25IN6. The van der Waals surface area contributed by atoms with E-state index in [2.05, 4.69) is 73.8 Å². The molecule has 0 fully saturated rings. The lowest BCUT2D eigenvalue weighted by molar-refractivity contribution is 0.640. The van der Waals surface area contributed by atoms with Gasteiger partial charge in [0.2, 0.25) is 0 Å². The molecule has 134 valence electrons. The first-order chi connectivity index (χ1) is 11.9. The van der Waals surface area contributed by atoms with Crippen LogP contribution in [-0.4, -0.2) is 33.8 Å². The molecule has 3 aromatic rings. The summed E-state index contributed by atoms with van der Waals surface area (Å²) in [5.41, 5.74) is 2.29. The van der Waals surface area contributed by atoms with Crippen LogP contribution in [0.4, 0.5) is 0 Å². The maximum atomic E-state index is 4.56. The van der Waals surface area contributed by atoms with E-state index in [-0.39, 0.29) is 24.0 Å². The van der Waals surface area contributed by atoms with Crippen molar-refractivity contribution in [2.24, 2.45) is 4.99 Å². The van der Waals surface area contributed by atoms with Crippen molar-refractivity contribution in [3.05, 3.63) is 54.5 Å². The number of nitrogens with zero attached hydrogens (tertiary/aromatic N) is 3. The van der Waals surface area contributed by atoms with Crippen molar-refractivity contribution in [1.29, 1.82) is 0 Å². The Hall–Kier alpha value is -2.03. The van der Waals surface area contributed by atoms with Gasteiger partial charge in [0.1, 0.15) is 0 Å². The van der Waals surface area contributed by atoms with Gasteiger partial charge in [-0.25, -0.2) is 4.99 Å². The molecule has 3 rings (SSSR count). The Bertz CT molecular complexity index is 778. The highest BCUT2D eigenvalue weighted by molar-refractivity contribution is 14.0. The molecule has 6 nitrogen and oxygen atoms in total. The number of aliphatic imine (C=N–C) groups is 1. The van der Waals surface area contributed by atoms with E-state index >= 15 is 0 Å². The number of guanidine groups is 1. The van der Waals surface area contributed by atoms with Crippen molar-refractivity contribution in [2.45, 2.75) is 26.4 Å². The van der Waals surface area contributed by atoms with Gasteiger partial charge in [-0.2, -0.15) is 5.10 Å². The fourth-order valence-electron chi connectivity index (χ4n) is 2.67. The van der Waals surface area contributed by atoms with Gasteiger partial charge in [-0.3, -0.25) is 5.10 Å². The molecule has 0 aliphatic carbocycles. The minimum absolute atomic E-state index is 0. The number of hydrogen-bond donors (Lipinski definition) is 3. The quantitative estimate of drug-likeness (QED) is 0.223. The van der Waals surface area contributed by atoms with E-state index in [1.54, 1.807) is 6.20 Å². The number of halogens is 1. The van der Waals surface area contributed by atoms with Gasteiger partial charge < -0.3 is 15.2 Å². The third-order valence-corrected chi connectivity index (χ3v) is 3.86. The smallest absolute Gasteiger partial charge is 0.191 e. The monoisotopic (exact) mass is 452 g/mol. The fraction of sp³-hybridized carbons (Fsp3) is 0.333. The SMILES string of the molecule is CCNC(=NCc1ccn[nH]1)NCCCn1ccc2ccccc21.I. The third kappa shape index (κ3) is 5.48. The molecule has 25 heavy (non-hydrogen) atoms. The van der Waals surface area contributed by atoms with E-state index in [9.17, 15) is 0 Å². The molecule has 0 radical (unpaired) electrons. The zero-order valence-electron chi connectivity index (χ0n) is 14.4. The zero-order chi connectivity index (χ0) is 16.6. The summed E-state index contributed by atoms with van der Waals surface area (Å²) in [6, 6.07) is 12.6. The summed E-state index contributed by atoms with van der Waals surface area (Å²) < 4.78 is 2.30. The predicted octanol–water partition coefficient (Wildman–Crippen LogP) is 3.13. The van der Waals surface area contributed by atoms with Crippen LogP contribution in [0.5, 0.6) is 0 Å². The van der Waals surface area contributed by atoms with Crippen LogP contribution in [0.25, 0.3) is 10.9 Å². The van der Waals surface area contributed by atoms with Gasteiger partial charge >= 0.3 is 0 Å². The maximum absolute atomic E-state index is 4.56. The van der Waals surface area contributed by atoms with Crippen molar-refractivity contribution >= 4 is 40.8 Å². The van der Waals surface area contributed by atoms with Crippen molar-refractivity contribution in [3.8, 4) is 0 Å². The lowest BCUT2D eigenvalue weighted by Crippen LogP contribution is -2.38. The van der Waals surface area contributed by atoms with Crippen LogP contribution in [0.15, 0.2) is 53.8 Å². The van der Waals surface area contributed by atoms with E-state index in [1.807, 2.05) is 6.07 Å². The van der Waals surface area contributed by atoms with Crippen molar-refractivity contribution in [1.82, 2.24) is 25.4 Å². The molecular weight excluding hydrogens is 427 g/mol. The highest BCUT2D eigenvalue weighted by Crippen LogP contribution is 2.15. The minimum atomic E-state index is 0. The lowest BCUT2D eigenvalue weighted by Gasteiger charge is -2.11. The molecule has 0 unspecified atom stereocenters. The predicted molar refractivity (Wildman–Crippen MR) is 113 cm³/mol. The number of rotatable bonds is 7. The zero-order valence-corrected chi connectivity index (χ0v) is 16.7. The largest absolute Gasteiger partial charge is 0.357 e. The van der Waals surface area contributed by atoms with Gasteiger partial charge in [-0.1, -0.05) is 18.2 Å². The molecule has 0 atom stereocenters. The molecule has 1 aromatic carbocycles. The Morgan fingerprint density at radius 2 is 2.08 bits per heavy atom. The van der Waals surface area contributed by atoms with Gasteiger partial charge in [-0.05, 0) is 36.9 Å². The number of para-hydroxylation sites is 1. The van der Waals surface area contributed by atoms with Crippen LogP contribution in [0, 0.1) is 0 Å². The molecule has 0 saturated heterocycles. The summed E-state index contributed by atoms with van der Waals surface area (Å²) >= 11 is 0. The molecule has 0 aliphatic heterocycles. The lowest BCUT2D eigenvalue weighted by atomic mass is 10.2. The Morgan fingerprint density at radius 3 is 2.88 bits per heavy atom. The van der Waals surface area contributed by atoms with Crippen LogP contribution in [0.2, 0.25) is 0 Å². The second-order valence-corrected chi connectivity index (χ2v) is 5.63. The van der Waals surface area contributed by atoms with E-state index in [0.717, 1.165) is 37.7 Å². The number of hydrogen-bond acceptors (Lipinski definition) is 2. The van der Waals surface area contributed by atoms with Crippen LogP contribution in [-0.2, 0) is 13.1 Å². The average molecular weight is 452 g/mol. The van der Waals surface area contributed by atoms with E-state index < -0.39 is 0 Å². The van der Waals surface area contributed by atoms with Crippen LogP contribution in [0.3, 0.4) is 0 Å². The highest BCUT2D eigenvalue weighted by Gasteiger charge is 2.01. The number of aromatic nitrogens is 3. The first kappa shape index (κ1) is 19.3. The first-order valence-electron chi connectivity index (χ1n) is 8.41. The third-order valence-electron chi connectivity index (χ3n) is 3.86. The Morgan fingerprint density at radius 1 is 1.20 bits per heavy atom. The van der Waals surface area contributed by atoms with E-state index in [4.69, 9.17) is 0 Å². The van der Waals surface area contributed by atoms with Crippen molar-refractivity contribution in [2.75, 3.05) is 13.1 Å². The summed E-state index contributed by atoms with van der Waals surface area (Å²) in [4.78, 5) is 4.56. The molecule has 0 aliphatic rings. The van der Waals surface area contributed by atoms with E-state index in [0.29, 0.717) is 6.54 Å². The fourth-order valence-corrected chi connectivity index (χ4v) is 2.67. The standard InChI is InChI=1S/C18H24N6.HI/c1-2-19-18(21-14-16-8-11-22-23-16)20-10-5-12-24-13-9-15-6-3-4-7-17(15)24;/h3-4,6-9,11,13H,2,5,10,12,14H2,1H3,(H,22,23)(H2,19,20,21);1H. The summed E-state index contributed by atoms with van der Waals surface area (Å²) in [6.45, 7) is 5.37. The van der Waals surface area contributed by atoms with Crippen LogP contribution < -0.4 is 10.6 Å². The second kappa shape index (κ2) is 10.1. The van der Waals surface area contributed by atoms with Gasteiger partial charge in [0.15, 0.2) is 5.96 Å². The average Bonchev–Trinajstić information content (AvgIpc) is 3.26. The summed E-state index contributed by atoms with van der Waals surface area (Å²) in [5.74, 6) is 0.837. The number of aromatic amines is 1. The molecule has 7 heteroatoms. The first-order valence-corrected chi connectivity index (χ1v) is 8.41. The summed E-state index contributed by atoms with van der Waals surface area (Å²) in [6.07, 6.45) is 4.93. The Kier molecular flexibility index (Phi) is 7.77. The summed E-state index contributed by atoms with van der Waals surface area (Å²) in [7, 11) is 0. The van der Waals surface area contributed by atoms with Gasteiger partial charge in [0, 0.05) is 37.5 Å². The Labute approximate surface area is 165 Å². The molecule has 0 spiro atoms. The minimum Gasteiger partial charge on any atom is -0.357 e. The molecule has 0 bridgehead atoms. The number of fused-ring (bicyclic) bond motifs is 1. The second-order valence-electron chi connectivity index (χ2n) is 5.63. The Balaban J connectivity index is 0.00000225. The normalized spacial score (nSPS) is 11.3. The number of aryl methyl sites for hydroxylation is 1. The molecule has 0 amide bonds. The maximum Gasteiger partial charge on any atom is 0.191 e. The highest BCUT2D eigenvalue weighted by atomic mass is 127. The van der Waals surface area contributed by atoms with Gasteiger partial charge in [0.05, 0.1) is 12.2 Å². The van der Waals surface area contributed by atoms with Gasteiger partial charge in [-0.15, -0.1) is 24.0 Å². The molecule has 2 aromatic heterocycles. The van der Waals surface area contributed by atoms with Crippen LogP contribution >= 0.6 is 24.0 Å². The van der Waals surface area contributed by atoms with Gasteiger partial charge in [0.25, 0.3) is 0 Å². The number of H-pyrrole nitrogens is 1. The van der Waals surface area contributed by atoms with Crippen molar-refractivity contribution in [3.63, 3.8) is 0 Å². The van der Waals surface area contributed by atoms with Crippen molar-refractivity contribution < 1.29 is 0 Å². The molecule has 0 saturated carbocycles.